The smallest absolute Gasteiger partial charge is 0.121 e. The van der Waals surface area contributed by atoms with E-state index in [1.807, 2.05) is 6.07 Å². The molecule has 2 aromatic carbocycles. The van der Waals surface area contributed by atoms with Crippen LogP contribution in [0.15, 0.2) is 36.4 Å². The second-order valence-corrected chi connectivity index (χ2v) is 5.24. The van der Waals surface area contributed by atoms with E-state index >= 15 is 0 Å². The molecule has 1 nitrogen and oxygen atoms in total. The van der Waals surface area contributed by atoms with Crippen LogP contribution < -0.4 is 4.74 Å². The zero-order chi connectivity index (χ0) is 13.1. The third kappa shape index (κ3) is 3.46. The topological polar surface area (TPSA) is 9.23 Å². The van der Waals surface area contributed by atoms with Crippen molar-refractivity contribution in [1.82, 2.24) is 0 Å². The van der Waals surface area contributed by atoms with E-state index in [-0.39, 0.29) is 0 Å². The van der Waals surface area contributed by atoms with Crippen LogP contribution in [0.4, 0.5) is 0 Å². The summed E-state index contributed by atoms with van der Waals surface area (Å²) in [6.07, 6.45) is 0. The van der Waals surface area contributed by atoms with Crippen LogP contribution in [0.25, 0.3) is 0 Å². The lowest BCUT2D eigenvalue weighted by molar-refractivity contribution is 0.306. The van der Waals surface area contributed by atoms with Gasteiger partial charge in [-0.3, -0.25) is 0 Å². The van der Waals surface area contributed by atoms with Gasteiger partial charge in [0.2, 0.25) is 0 Å². The number of rotatable bonds is 3. The van der Waals surface area contributed by atoms with Crippen LogP contribution >= 0.6 is 46.4 Å². The molecule has 0 aliphatic rings. The van der Waals surface area contributed by atoms with Gasteiger partial charge in [0, 0.05) is 6.07 Å². The highest BCUT2D eigenvalue weighted by molar-refractivity contribution is 6.42. The number of halogens is 4. The number of hydrogen-bond acceptors (Lipinski definition) is 1. The summed E-state index contributed by atoms with van der Waals surface area (Å²) < 4.78 is 5.58. The first-order valence-corrected chi connectivity index (χ1v) is 6.59. The van der Waals surface area contributed by atoms with Crippen molar-refractivity contribution in [2.45, 2.75) is 6.61 Å². The Kier molecular flexibility index (Phi) is 4.63. The Morgan fingerprint density at radius 3 is 1.94 bits per heavy atom. The van der Waals surface area contributed by atoms with Gasteiger partial charge in [-0.2, -0.15) is 0 Å². The molecule has 0 spiro atoms. The molecule has 0 aromatic heterocycles. The van der Waals surface area contributed by atoms with Crippen molar-refractivity contribution in [2.24, 2.45) is 0 Å². The fraction of sp³-hybridized carbons (Fsp3) is 0.0769. The summed E-state index contributed by atoms with van der Waals surface area (Å²) in [4.78, 5) is 0. The summed E-state index contributed by atoms with van der Waals surface area (Å²) in [6.45, 7) is 0.384. The van der Waals surface area contributed by atoms with Gasteiger partial charge in [-0.15, -0.1) is 0 Å². The molecule has 0 N–H and O–H groups in total. The summed E-state index contributed by atoms with van der Waals surface area (Å²) in [6, 6.07) is 10.5. The van der Waals surface area contributed by atoms with Gasteiger partial charge in [0.05, 0.1) is 20.1 Å². The van der Waals surface area contributed by atoms with Gasteiger partial charge in [0.15, 0.2) is 0 Å². The maximum Gasteiger partial charge on any atom is 0.121 e. The van der Waals surface area contributed by atoms with Crippen molar-refractivity contribution in [3.63, 3.8) is 0 Å². The maximum absolute atomic E-state index is 5.92. The zero-order valence-corrected chi connectivity index (χ0v) is 12.1. The molecule has 0 unspecified atom stereocenters. The average Bonchev–Trinajstić information content (AvgIpc) is 2.35. The zero-order valence-electron chi connectivity index (χ0n) is 9.09. The Bertz CT molecular complexity index is 517. The largest absolute Gasteiger partial charge is 0.489 e. The molecule has 0 saturated carbocycles. The highest BCUT2D eigenvalue weighted by Crippen LogP contribution is 2.27. The normalized spacial score (nSPS) is 10.4. The Morgan fingerprint density at radius 2 is 1.33 bits per heavy atom. The molecule has 0 radical (unpaired) electrons. The van der Waals surface area contributed by atoms with E-state index in [4.69, 9.17) is 51.1 Å². The van der Waals surface area contributed by atoms with Crippen molar-refractivity contribution in [1.29, 1.82) is 0 Å². The summed E-state index contributed by atoms with van der Waals surface area (Å²) in [7, 11) is 0. The number of hydrogen-bond donors (Lipinski definition) is 0. The molecule has 0 heterocycles. The van der Waals surface area contributed by atoms with Gasteiger partial charge < -0.3 is 4.74 Å². The third-order valence-corrected chi connectivity index (χ3v) is 3.76. The molecule has 2 aromatic rings. The molecular weight excluding hydrogens is 314 g/mol. The van der Waals surface area contributed by atoms with E-state index in [2.05, 4.69) is 0 Å². The quantitative estimate of drug-likeness (QED) is 0.686. The predicted molar refractivity (Wildman–Crippen MR) is 77.3 cm³/mol. The van der Waals surface area contributed by atoms with Crippen LogP contribution in [-0.2, 0) is 6.61 Å². The van der Waals surface area contributed by atoms with Gasteiger partial charge in [0.1, 0.15) is 12.4 Å². The SMILES string of the molecule is Clc1ccc(COc2ccc(Cl)c(Cl)c2)cc1Cl. The van der Waals surface area contributed by atoms with E-state index < -0.39 is 0 Å². The molecule has 0 aliphatic heterocycles. The molecular formula is C13H8Cl4O. The molecule has 94 valence electrons. The van der Waals surface area contributed by atoms with Crippen LogP contribution in [0.5, 0.6) is 5.75 Å². The van der Waals surface area contributed by atoms with Gasteiger partial charge >= 0.3 is 0 Å². The first-order valence-electron chi connectivity index (χ1n) is 5.08. The van der Waals surface area contributed by atoms with Crippen molar-refractivity contribution in [3.8, 4) is 5.75 Å². The van der Waals surface area contributed by atoms with Crippen molar-refractivity contribution < 1.29 is 4.74 Å². The Morgan fingerprint density at radius 1 is 0.722 bits per heavy atom. The van der Waals surface area contributed by atoms with Crippen LogP contribution in [0.1, 0.15) is 5.56 Å². The third-order valence-electron chi connectivity index (χ3n) is 2.28. The molecule has 0 atom stereocenters. The van der Waals surface area contributed by atoms with E-state index in [0.29, 0.717) is 32.4 Å². The summed E-state index contributed by atoms with van der Waals surface area (Å²) in [5.74, 6) is 0.649. The number of ether oxygens (including phenoxy) is 1. The second kappa shape index (κ2) is 6.03. The van der Waals surface area contributed by atoms with Crippen molar-refractivity contribution in [2.75, 3.05) is 0 Å². The molecule has 0 amide bonds. The van der Waals surface area contributed by atoms with E-state index in [1.54, 1.807) is 30.3 Å². The maximum atomic E-state index is 5.92. The fourth-order valence-electron chi connectivity index (χ4n) is 1.36. The molecule has 2 rings (SSSR count). The van der Waals surface area contributed by atoms with E-state index in [9.17, 15) is 0 Å². The number of benzene rings is 2. The van der Waals surface area contributed by atoms with Gasteiger partial charge in [-0.05, 0) is 29.8 Å². The second-order valence-electron chi connectivity index (χ2n) is 3.61. The Balaban J connectivity index is 2.06. The standard InChI is InChI=1S/C13H8Cl4O/c14-10-3-1-8(5-12(10)16)7-18-9-2-4-11(15)13(17)6-9/h1-6H,7H2. The van der Waals surface area contributed by atoms with Crippen LogP contribution in [0, 0.1) is 0 Å². The molecule has 0 fully saturated rings. The van der Waals surface area contributed by atoms with E-state index in [1.165, 1.54) is 0 Å². The predicted octanol–water partition coefficient (Wildman–Crippen LogP) is 5.88. The minimum atomic E-state index is 0.384. The summed E-state index contributed by atoms with van der Waals surface area (Å²) in [5, 5.41) is 1.99. The Labute approximate surface area is 125 Å². The van der Waals surface area contributed by atoms with Gasteiger partial charge in [0.25, 0.3) is 0 Å². The summed E-state index contributed by atoms with van der Waals surface area (Å²) >= 11 is 23.5. The lowest BCUT2D eigenvalue weighted by Crippen LogP contribution is -1.95. The fourth-order valence-corrected chi connectivity index (χ4v) is 1.97. The first-order chi connectivity index (χ1) is 8.56. The molecule has 0 bridgehead atoms. The lowest BCUT2D eigenvalue weighted by Gasteiger charge is -2.08. The van der Waals surface area contributed by atoms with Crippen molar-refractivity contribution >= 4 is 46.4 Å². The van der Waals surface area contributed by atoms with Crippen LogP contribution in [0.3, 0.4) is 0 Å². The highest BCUT2D eigenvalue weighted by atomic mass is 35.5. The van der Waals surface area contributed by atoms with Crippen molar-refractivity contribution in [3.05, 3.63) is 62.1 Å². The Hall–Kier alpha value is -0.600. The highest BCUT2D eigenvalue weighted by Gasteiger charge is 2.03. The summed E-state index contributed by atoms with van der Waals surface area (Å²) in [5.41, 5.74) is 0.926. The first kappa shape index (κ1) is 13.8. The molecule has 5 heteroatoms. The van der Waals surface area contributed by atoms with Crippen LogP contribution in [-0.4, -0.2) is 0 Å². The minimum Gasteiger partial charge on any atom is -0.489 e. The minimum absolute atomic E-state index is 0.384. The molecule has 0 aliphatic carbocycles. The van der Waals surface area contributed by atoms with Gasteiger partial charge in [-0.1, -0.05) is 52.5 Å². The van der Waals surface area contributed by atoms with E-state index in [0.717, 1.165) is 5.56 Å². The lowest BCUT2D eigenvalue weighted by atomic mass is 10.2. The molecule has 18 heavy (non-hydrogen) atoms. The monoisotopic (exact) mass is 320 g/mol. The van der Waals surface area contributed by atoms with Gasteiger partial charge in [-0.25, -0.2) is 0 Å². The van der Waals surface area contributed by atoms with Crippen LogP contribution in [0.2, 0.25) is 20.1 Å². The molecule has 0 saturated heterocycles. The average molecular weight is 322 g/mol.